The average molecular weight is 345 g/mol. The fourth-order valence-electron chi connectivity index (χ4n) is 2.20. The largest absolute Gasteiger partial charge is 0.337 e. The molecule has 0 radical (unpaired) electrons. The van der Waals surface area contributed by atoms with Crippen LogP contribution in [0.3, 0.4) is 0 Å². The van der Waals surface area contributed by atoms with Crippen LogP contribution in [0.1, 0.15) is 17.8 Å². The Kier molecular flexibility index (Phi) is 4.85. The molecule has 0 saturated heterocycles. The molecule has 2 amide bonds. The average Bonchev–Trinajstić information content (AvgIpc) is 3.26. The molecule has 3 rings (SSSR count). The Morgan fingerprint density at radius 1 is 1.42 bits per heavy atom. The zero-order valence-electron chi connectivity index (χ0n) is 12.9. The monoisotopic (exact) mass is 345 g/mol. The molecular weight excluding hydrogens is 329 g/mol. The summed E-state index contributed by atoms with van der Waals surface area (Å²) >= 11 is 1.55. The van der Waals surface area contributed by atoms with Crippen LogP contribution >= 0.6 is 11.3 Å². The van der Waals surface area contributed by atoms with E-state index in [-0.39, 0.29) is 5.92 Å². The molecule has 124 valence electrons. The van der Waals surface area contributed by atoms with Gasteiger partial charge in [-0.15, -0.1) is 11.3 Å². The van der Waals surface area contributed by atoms with E-state index in [1.165, 1.54) is 12.1 Å². The van der Waals surface area contributed by atoms with E-state index in [4.69, 9.17) is 0 Å². The van der Waals surface area contributed by atoms with Crippen molar-refractivity contribution in [2.75, 3.05) is 11.9 Å². The number of urea groups is 1. The summed E-state index contributed by atoms with van der Waals surface area (Å²) in [4.78, 5) is 16.4. The van der Waals surface area contributed by atoms with E-state index < -0.39 is 11.8 Å². The Morgan fingerprint density at radius 3 is 3.00 bits per heavy atom. The van der Waals surface area contributed by atoms with Crippen molar-refractivity contribution in [2.45, 2.75) is 12.8 Å². The first-order valence-electron chi connectivity index (χ1n) is 7.37. The van der Waals surface area contributed by atoms with Gasteiger partial charge in [0.25, 0.3) is 0 Å². The molecule has 24 heavy (non-hydrogen) atoms. The maximum atomic E-state index is 13.5. The van der Waals surface area contributed by atoms with Gasteiger partial charge in [-0.05, 0) is 24.3 Å². The fourth-order valence-corrected chi connectivity index (χ4v) is 2.90. The van der Waals surface area contributed by atoms with E-state index in [2.05, 4.69) is 20.7 Å². The van der Waals surface area contributed by atoms with E-state index in [0.717, 1.165) is 5.01 Å². The highest BCUT2D eigenvalue weighted by molar-refractivity contribution is 7.09. The van der Waals surface area contributed by atoms with E-state index in [0.29, 0.717) is 17.9 Å². The lowest BCUT2D eigenvalue weighted by molar-refractivity contribution is 0.251. The standard InChI is InChI=1S/C16H16FN5OS/c1-11(15-18-6-8-24-15)10-19-16(23)21-13-9-12(17)3-4-14(13)22-7-2-5-20-22/h2-9,11H,10H2,1H3,(H2,19,21,23)/t11-/m1/s1. The lowest BCUT2D eigenvalue weighted by atomic mass is 10.2. The summed E-state index contributed by atoms with van der Waals surface area (Å²) in [5.41, 5.74) is 0.933. The number of nitrogens with one attached hydrogen (secondary N) is 2. The number of anilines is 1. The van der Waals surface area contributed by atoms with Crippen LogP contribution in [-0.2, 0) is 0 Å². The number of benzene rings is 1. The smallest absolute Gasteiger partial charge is 0.319 e. The van der Waals surface area contributed by atoms with Crippen molar-refractivity contribution >= 4 is 23.1 Å². The van der Waals surface area contributed by atoms with Crippen LogP contribution in [0.4, 0.5) is 14.9 Å². The summed E-state index contributed by atoms with van der Waals surface area (Å²) in [7, 11) is 0. The number of rotatable bonds is 5. The van der Waals surface area contributed by atoms with Gasteiger partial charge in [-0.2, -0.15) is 5.10 Å². The van der Waals surface area contributed by atoms with Crippen molar-refractivity contribution in [3.05, 3.63) is 59.1 Å². The van der Waals surface area contributed by atoms with Crippen LogP contribution in [0.2, 0.25) is 0 Å². The highest BCUT2D eigenvalue weighted by Crippen LogP contribution is 2.21. The zero-order valence-corrected chi connectivity index (χ0v) is 13.8. The van der Waals surface area contributed by atoms with Crippen LogP contribution < -0.4 is 10.6 Å². The summed E-state index contributed by atoms with van der Waals surface area (Å²) in [5.74, 6) is -0.328. The number of amides is 2. The molecule has 6 nitrogen and oxygen atoms in total. The molecule has 3 aromatic rings. The Morgan fingerprint density at radius 2 is 2.29 bits per heavy atom. The Labute approximate surface area is 142 Å². The molecule has 1 aromatic carbocycles. The predicted molar refractivity (Wildman–Crippen MR) is 91.1 cm³/mol. The molecule has 0 aliphatic carbocycles. The second kappa shape index (κ2) is 7.22. The molecular formula is C16H16FN5OS. The molecule has 2 heterocycles. The van der Waals surface area contributed by atoms with Crippen molar-refractivity contribution in [3.63, 3.8) is 0 Å². The molecule has 0 aliphatic heterocycles. The second-order valence-corrected chi connectivity index (χ2v) is 6.14. The summed E-state index contributed by atoms with van der Waals surface area (Å²) in [5, 5.41) is 12.4. The summed E-state index contributed by atoms with van der Waals surface area (Å²) in [6.45, 7) is 2.42. The topological polar surface area (TPSA) is 71.8 Å². The van der Waals surface area contributed by atoms with Crippen molar-refractivity contribution in [1.82, 2.24) is 20.1 Å². The van der Waals surface area contributed by atoms with Gasteiger partial charge in [-0.25, -0.2) is 18.9 Å². The molecule has 0 bridgehead atoms. The number of thiazole rings is 1. The highest BCUT2D eigenvalue weighted by Gasteiger charge is 2.13. The Hall–Kier alpha value is -2.74. The first-order chi connectivity index (χ1) is 11.6. The maximum Gasteiger partial charge on any atom is 0.319 e. The van der Waals surface area contributed by atoms with Crippen LogP contribution in [0.25, 0.3) is 5.69 Å². The minimum absolute atomic E-state index is 0.105. The van der Waals surface area contributed by atoms with E-state index in [1.54, 1.807) is 46.7 Å². The number of carbonyl (C=O) groups excluding carboxylic acids is 1. The van der Waals surface area contributed by atoms with Gasteiger partial charge in [0.15, 0.2) is 0 Å². The molecule has 0 unspecified atom stereocenters. The van der Waals surface area contributed by atoms with Crippen LogP contribution in [0.5, 0.6) is 0 Å². The van der Waals surface area contributed by atoms with E-state index in [1.807, 2.05) is 12.3 Å². The van der Waals surface area contributed by atoms with Crippen molar-refractivity contribution in [2.24, 2.45) is 0 Å². The lowest BCUT2D eigenvalue weighted by Crippen LogP contribution is -2.32. The quantitative estimate of drug-likeness (QED) is 0.744. The third-order valence-electron chi connectivity index (χ3n) is 3.40. The van der Waals surface area contributed by atoms with E-state index >= 15 is 0 Å². The second-order valence-electron chi connectivity index (χ2n) is 5.22. The third-order valence-corrected chi connectivity index (χ3v) is 4.41. The Balaban J connectivity index is 1.67. The van der Waals surface area contributed by atoms with Gasteiger partial charge in [0.2, 0.25) is 0 Å². The van der Waals surface area contributed by atoms with Gasteiger partial charge in [0.1, 0.15) is 5.82 Å². The number of hydrogen-bond acceptors (Lipinski definition) is 4. The van der Waals surface area contributed by atoms with Gasteiger partial charge in [0.05, 0.1) is 16.4 Å². The maximum absolute atomic E-state index is 13.5. The van der Waals surface area contributed by atoms with Crippen LogP contribution in [0, 0.1) is 5.82 Å². The Bertz CT molecular complexity index is 804. The molecule has 2 N–H and O–H groups in total. The highest BCUT2D eigenvalue weighted by atomic mass is 32.1. The number of hydrogen-bond donors (Lipinski definition) is 2. The summed E-state index contributed by atoms with van der Waals surface area (Å²) < 4.78 is 15.1. The van der Waals surface area contributed by atoms with Crippen molar-refractivity contribution in [1.29, 1.82) is 0 Å². The molecule has 2 aromatic heterocycles. The zero-order chi connectivity index (χ0) is 16.9. The summed E-state index contributed by atoms with van der Waals surface area (Å²) in [6, 6.07) is 5.50. The normalized spacial score (nSPS) is 11.9. The summed E-state index contributed by atoms with van der Waals surface area (Å²) in [6.07, 6.45) is 5.07. The molecule has 0 saturated carbocycles. The molecule has 0 spiro atoms. The number of nitrogens with zero attached hydrogens (tertiary/aromatic N) is 3. The minimum atomic E-state index is -0.433. The van der Waals surface area contributed by atoms with Crippen LogP contribution in [0.15, 0.2) is 48.2 Å². The number of halogens is 1. The molecule has 0 fully saturated rings. The van der Waals surface area contributed by atoms with Crippen molar-refractivity contribution < 1.29 is 9.18 Å². The third kappa shape index (κ3) is 3.77. The SMILES string of the molecule is C[C@H](CNC(=O)Nc1cc(F)ccc1-n1cccn1)c1nccs1. The van der Waals surface area contributed by atoms with Crippen LogP contribution in [-0.4, -0.2) is 27.3 Å². The predicted octanol–water partition coefficient (Wildman–Crippen LogP) is 3.39. The van der Waals surface area contributed by atoms with Gasteiger partial charge in [0, 0.05) is 36.4 Å². The molecule has 1 atom stereocenters. The number of carbonyl (C=O) groups is 1. The fraction of sp³-hybridized carbons (Fsp3) is 0.188. The van der Waals surface area contributed by atoms with Gasteiger partial charge in [-0.3, -0.25) is 0 Å². The van der Waals surface area contributed by atoms with Crippen molar-refractivity contribution in [3.8, 4) is 5.69 Å². The first-order valence-corrected chi connectivity index (χ1v) is 8.25. The van der Waals surface area contributed by atoms with E-state index in [9.17, 15) is 9.18 Å². The van der Waals surface area contributed by atoms with Gasteiger partial charge in [-0.1, -0.05) is 6.92 Å². The minimum Gasteiger partial charge on any atom is -0.337 e. The number of aromatic nitrogens is 3. The van der Waals surface area contributed by atoms with Gasteiger partial charge < -0.3 is 10.6 Å². The van der Waals surface area contributed by atoms with Gasteiger partial charge >= 0.3 is 6.03 Å². The molecule has 8 heteroatoms. The lowest BCUT2D eigenvalue weighted by Gasteiger charge is -2.14. The molecule has 0 aliphatic rings. The first kappa shape index (κ1) is 16.1.